The first kappa shape index (κ1) is 18.6. The summed E-state index contributed by atoms with van der Waals surface area (Å²) in [6, 6.07) is 11.1. The first-order valence-electron chi connectivity index (χ1n) is 8.12. The summed E-state index contributed by atoms with van der Waals surface area (Å²) in [5, 5.41) is 14.0. The van der Waals surface area contributed by atoms with Crippen LogP contribution in [0, 0.1) is 0 Å². The molecule has 140 valence electrons. The second-order valence-electron chi connectivity index (χ2n) is 6.15. The minimum Gasteiger partial charge on any atom is -0.322 e. The first-order valence-corrected chi connectivity index (χ1v) is 8.12. The van der Waals surface area contributed by atoms with Crippen molar-refractivity contribution in [3.8, 4) is 11.4 Å². The van der Waals surface area contributed by atoms with Gasteiger partial charge in [-0.1, -0.05) is 18.2 Å². The molecule has 1 N–H and O–H groups in total. The van der Waals surface area contributed by atoms with E-state index in [9.17, 15) is 18.0 Å². The van der Waals surface area contributed by atoms with Gasteiger partial charge in [-0.05, 0) is 54.6 Å². The maximum Gasteiger partial charge on any atom is 0.416 e. The van der Waals surface area contributed by atoms with E-state index in [-0.39, 0.29) is 17.3 Å². The summed E-state index contributed by atoms with van der Waals surface area (Å²) in [5.74, 6) is -0.0292. The molecule has 0 atom stereocenters. The lowest BCUT2D eigenvalue weighted by Gasteiger charge is -2.11. The Morgan fingerprint density at radius 3 is 2.56 bits per heavy atom. The number of benzene rings is 2. The summed E-state index contributed by atoms with van der Waals surface area (Å²) in [6.07, 6.45) is -4.48. The molecule has 1 aromatic heterocycles. The van der Waals surface area contributed by atoms with Gasteiger partial charge < -0.3 is 5.32 Å². The van der Waals surface area contributed by atoms with E-state index in [1.165, 1.54) is 12.1 Å². The molecule has 0 aliphatic rings. The van der Waals surface area contributed by atoms with Gasteiger partial charge in [0.15, 0.2) is 5.82 Å². The van der Waals surface area contributed by atoms with Crippen LogP contribution in [0.2, 0.25) is 0 Å². The van der Waals surface area contributed by atoms with E-state index < -0.39 is 17.6 Å². The molecule has 2 aromatic carbocycles. The number of carbonyl (C=O) groups is 1. The maximum absolute atomic E-state index is 12.8. The largest absolute Gasteiger partial charge is 0.416 e. The normalized spacial score (nSPS) is 11.6. The number of carbonyl (C=O) groups excluding carboxylic acids is 1. The van der Waals surface area contributed by atoms with Crippen molar-refractivity contribution in [1.82, 2.24) is 20.2 Å². The molecule has 6 nitrogen and oxygen atoms in total. The summed E-state index contributed by atoms with van der Waals surface area (Å²) in [7, 11) is 0. The van der Waals surface area contributed by atoms with Crippen molar-refractivity contribution in [2.75, 3.05) is 5.32 Å². The number of amides is 1. The van der Waals surface area contributed by atoms with Crippen LogP contribution in [0.25, 0.3) is 11.4 Å². The highest BCUT2D eigenvalue weighted by atomic mass is 19.4. The molecule has 0 unspecified atom stereocenters. The molecule has 0 aliphatic carbocycles. The van der Waals surface area contributed by atoms with E-state index in [1.807, 2.05) is 13.8 Å². The number of rotatable bonds is 4. The van der Waals surface area contributed by atoms with Crippen LogP contribution >= 0.6 is 0 Å². The van der Waals surface area contributed by atoms with Crippen LogP contribution < -0.4 is 5.32 Å². The molecule has 9 heteroatoms. The molecule has 0 spiro atoms. The van der Waals surface area contributed by atoms with Gasteiger partial charge in [0, 0.05) is 16.8 Å². The van der Waals surface area contributed by atoms with Crippen molar-refractivity contribution in [2.45, 2.75) is 26.1 Å². The SMILES string of the molecule is CC(C)n1nnnc1-c1cccc(C(=O)Nc2cccc(C(F)(F)F)c2)c1. The molecule has 0 radical (unpaired) electrons. The van der Waals surface area contributed by atoms with Gasteiger partial charge in [0.2, 0.25) is 0 Å². The smallest absolute Gasteiger partial charge is 0.322 e. The number of nitrogens with zero attached hydrogens (tertiary/aromatic N) is 4. The zero-order chi connectivity index (χ0) is 19.6. The van der Waals surface area contributed by atoms with Crippen LogP contribution in [0.3, 0.4) is 0 Å². The van der Waals surface area contributed by atoms with E-state index in [1.54, 1.807) is 28.9 Å². The van der Waals surface area contributed by atoms with Gasteiger partial charge in [-0.15, -0.1) is 5.10 Å². The quantitative estimate of drug-likeness (QED) is 0.742. The molecule has 0 bridgehead atoms. The van der Waals surface area contributed by atoms with Gasteiger partial charge in [0.1, 0.15) is 0 Å². The van der Waals surface area contributed by atoms with Gasteiger partial charge in [-0.2, -0.15) is 13.2 Å². The van der Waals surface area contributed by atoms with Crippen molar-refractivity contribution in [2.24, 2.45) is 0 Å². The summed E-state index contributed by atoms with van der Waals surface area (Å²) in [6.45, 7) is 3.84. The van der Waals surface area contributed by atoms with Crippen LogP contribution in [0.15, 0.2) is 48.5 Å². The fourth-order valence-corrected chi connectivity index (χ4v) is 2.51. The van der Waals surface area contributed by atoms with Crippen molar-refractivity contribution < 1.29 is 18.0 Å². The Balaban J connectivity index is 1.85. The van der Waals surface area contributed by atoms with Crippen LogP contribution in [-0.4, -0.2) is 26.1 Å². The average molecular weight is 375 g/mol. The van der Waals surface area contributed by atoms with Crippen LogP contribution in [-0.2, 0) is 6.18 Å². The second-order valence-corrected chi connectivity index (χ2v) is 6.15. The number of hydrogen-bond donors (Lipinski definition) is 1. The Labute approximate surface area is 153 Å². The standard InChI is InChI=1S/C18H16F3N5O/c1-11(2)26-16(23-24-25-26)12-5-3-6-13(9-12)17(27)22-15-8-4-7-14(10-15)18(19,20)21/h3-11H,1-2H3,(H,22,27). The summed E-state index contributed by atoms with van der Waals surface area (Å²) in [5.41, 5.74) is 0.144. The van der Waals surface area contributed by atoms with Crippen LogP contribution in [0.1, 0.15) is 35.8 Å². The number of halogens is 3. The molecule has 0 saturated heterocycles. The molecule has 0 saturated carbocycles. The predicted molar refractivity (Wildman–Crippen MR) is 93.0 cm³/mol. The van der Waals surface area contributed by atoms with Crippen molar-refractivity contribution in [3.05, 3.63) is 59.7 Å². The van der Waals surface area contributed by atoms with Gasteiger partial charge in [-0.25, -0.2) is 4.68 Å². The lowest BCUT2D eigenvalue weighted by Crippen LogP contribution is -2.13. The second kappa shape index (κ2) is 7.18. The summed E-state index contributed by atoms with van der Waals surface area (Å²) >= 11 is 0. The zero-order valence-electron chi connectivity index (χ0n) is 14.5. The lowest BCUT2D eigenvalue weighted by atomic mass is 10.1. The van der Waals surface area contributed by atoms with Gasteiger partial charge >= 0.3 is 6.18 Å². The monoisotopic (exact) mass is 375 g/mol. The Hall–Kier alpha value is -3.23. The average Bonchev–Trinajstić information content (AvgIpc) is 3.11. The van der Waals surface area contributed by atoms with E-state index in [0.29, 0.717) is 11.4 Å². The van der Waals surface area contributed by atoms with Crippen molar-refractivity contribution >= 4 is 11.6 Å². The minimum absolute atomic E-state index is 0.0255. The van der Waals surface area contributed by atoms with E-state index in [0.717, 1.165) is 12.1 Å². The number of nitrogens with one attached hydrogen (secondary N) is 1. The third kappa shape index (κ3) is 4.13. The Bertz CT molecular complexity index is 965. The fourth-order valence-electron chi connectivity index (χ4n) is 2.51. The zero-order valence-corrected chi connectivity index (χ0v) is 14.5. The molecule has 1 heterocycles. The molecular weight excluding hydrogens is 359 g/mol. The highest BCUT2D eigenvalue weighted by molar-refractivity contribution is 6.04. The number of alkyl halides is 3. The lowest BCUT2D eigenvalue weighted by molar-refractivity contribution is -0.137. The van der Waals surface area contributed by atoms with E-state index in [4.69, 9.17) is 0 Å². The number of anilines is 1. The number of hydrogen-bond acceptors (Lipinski definition) is 4. The Morgan fingerprint density at radius 1 is 1.11 bits per heavy atom. The minimum atomic E-state index is -4.48. The van der Waals surface area contributed by atoms with E-state index in [2.05, 4.69) is 20.8 Å². The first-order chi connectivity index (χ1) is 12.8. The molecule has 27 heavy (non-hydrogen) atoms. The topological polar surface area (TPSA) is 72.7 Å². The summed E-state index contributed by atoms with van der Waals surface area (Å²) in [4.78, 5) is 12.5. The highest BCUT2D eigenvalue weighted by Crippen LogP contribution is 2.30. The van der Waals surface area contributed by atoms with Crippen LogP contribution in [0.4, 0.5) is 18.9 Å². The summed E-state index contributed by atoms with van der Waals surface area (Å²) < 4.78 is 40.0. The number of aromatic nitrogens is 4. The third-order valence-corrected chi connectivity index (χ3v) is 3.81. The fraction of sp³-hybridized carbons (Fsp3) is 0.222. The maximum atomic E-state index is 12.8. The van der Waals surface area contributed by atoms with Crippen molar-refractivity contribution in [1.29, 1.82) is 0 Å². The van der Waals surface area contributed by atoms with Crippen molar-refractivity contribution in [3.63, 3.8) is 0 Å². The molecule has 3 rings (SSSR count). The number of tetrazole rings is 1. The molecule has 3 aromatic rings. The molecule has 1 amide bonds. The Morgan fingerprint density at radius 2 is 1.85 bits per heavy atom. The highest BCUT2D eigenvalue weighted by Gasteiger charge is 2.30. The molecule has 0 fully saturated rings. The molecular formula is C18H16F3N5O. The van der Waals surface area contributed by atoms with Crippen LogP contribution in [0.5, 0.6) is 0 Å². The predicted octanol–water partition coefficient (Wildman–Crippen LogP) is 4.19. The molecule has 0 aliphatic heterocycles. The van der Waals surface area contributed by atoms with E-state index >= 15 is 0 Å². The third-order valence-electron chi connectivity index (χ3n) is 3.81. The van der Waals surface area contributed by atoms with Gasteiger partial charge in [-0.3, -0.25) is 4.79 Å². The Kier molecular flexibility index (Phi) is 4.93. The van der Waals surface area contributed by atoms with Gasteiger partial charge in [0.05, 0.1) is 11.6 Å². The van der Waals surface area contributed by atoms with Gasteiger partial charge in [0.25, 0.3) is 5.91 Å².